The monoisotopic (exact) mass is 322 g/mol. The topological polar surface area (TPSA) is 60.4 Å². The number of alkyl halides is 3. The third-order valence-electron chi connectivity index (χ3n) is 2.36. The summed E-state index contributed by atoms with van der Waals surface area (Å²) in [4.78, 5) is 22.4. The molecule has 0 spiro atoms. The minimum Gasteiger partial charge on any atom is -0.466 e. The van der Waals surface area contributed by atoms with Crippen LogP contribution in [0, 0.1) is 0 Å². The Kier molecular flexibility index (Phi) is 6.07. The molecule has 1 aromatic carbocycles. The third-order valence-corrected chi connectivity index (χ3v) is 3.73. The van der Waals surface area contributed by atoms with Crippen molar-refractivity contribution in [3.8, 4) is 0 Å². The first kappa shape index (κ1) is 17.4. The average Bonchev–Trinajstić information content (AvgIpc) is 2.37. The number of rotatable bonds is 6. The highest BCUT2D eigenvalue weighted by molar-refractivity contribution is 7.85. The first-order valence-corrected chi connectivity index (χ1v) is 7.29. The van der Waals surface area contributed by atoms with Crippen molar-refractivity contribution in [2.45, 2.75) is 24.4 Å². The summed E-state index contributed by atoms with van der Waals surface area (Å²) in [6.07, 6.45) is -5.09. The molecule has 0 radical (unpaired) electrons. The molecule has 0 aliphatic heterocycles. The minimum absolute atomic E-state index is 0.109. The highest BCUT2D eigenvalue weighted by Crippen LogP contribution is 2.30. The molecule has 116 valence electrons. The Bertz CT molecular complexity index is 555. The molecule has 1 atom stereocenters. The number of carbonyl (C=O) groups is 2. The molecule has 0 bridgehead atoms. The summed E-state index contributed by atoms with van der Waals surface area (Å²) in [7, 11) is -1.94. The third kappa shape index (κ3) is 5.66. The lowest BCUT2D eigenvalue weighted by atomic mass is 10.2. The highest BCUT2D eigenvalue weighted by atomic mass is 32.2. The summed E-state index contributed by atoms with van der Waals surface area (Å²) >= 11 is 0. The molecule has 1 aromatic rings. The molecule has 21 heavy (non-hydrogen) atoms. The van der Waals surface area contributed by atoms with Gasteiger partial charge in [-0.3, -0.25) is 13.8 Å². The van der Waals surface area contributed by atoms with Gasteiger partial charge in [-0.05, 0) is 25.1 Å². The molecule has 0 saturated carbocycles. The van der Waals surface area contributed by atoms with Gasteiger partial charge in [0.2, 0.25) is 0 Å². The number of benzene rings is 1. The van der Waals surface area contributed by atoms with Crippen LogP contribution in [0.25, 0.3) is 0 Å². The van der Waals surface area contributed by atoms with Crippen LogP contribution in [0.1, 0.15) is 18.9 Å². The summed E-state index contributed by atoms with van der Waals surface area (Å²) < 4.78 is 54.0. The van der Waals surface area contributed by atoms with Gasteiger partial charge in [-0.2, -0.15) is 13.2 Å². The van der Waals surface area contributed by atoms with Crippen molar-refractivity contribution in [2.75, 3.05) is 12.4 Å². The summed E-state index contributed by atoms with van der Waals surface area (Å²) in [5.41, 5.74) is -0.939. The van der Waals surface area contributed by atoms with Crippen molar-refractivity contribution < 1.29 is 31.7 Å². The van der Waals surface area contributed by atoms with Gasteiger partial charge in [0.05, 0.1) is 28.7 Å². The Morgan fingerprint density at radius 3 is 2.52 bits per heavy atom. The van der Waals surface area contributed by atoms with Crippen LogP contribution in [0.5, 0.6) is 0 Å². The van der Waals surface area contributed by atoms with Gasteiger partial charge in [0.25, 0.3) is 0 Å². The van der Waals surface area contributed by atoms with E-state index in [1.54, 1.807) is 6.92 Å². The molecule has 0 amide bonds. The van der Waals surface area contributed by atoms with E-state index < -0.39 is 46.5 Å². The quantitative estimate of drug-likeness (QED) is 0.596. The lowest BCUT2D eigenvalue weighted by Crippen LogP contribution is -2.17. The van der Waals surface area contributed by atoms with Crippen LogP contribution in [0.2, 0.25) is 0 Å². The normalized spacial score (nSPS) is 12.8. The Balaban J connectivity index is 2.72. The molecule has 4 nitrogen and oxygen atoms in total. The Hall–Kier alpha value is -1.70. The van der Waals surface area contributed by atoms with Crippen LogP contribution in [-0.4, -0.2) is 28.3 Å². The van der Waals surface area contributed by atoms with Crippen LogP contribution in [-0.2, 0) is 31.3 Å². The molecule has 0 fully saturated rings. The number of hydrogen-bond acceptors (Lipinski definition) is 4. The predicted molar refractivity (Wildman–Crippen MR) is 69.0 cm³/mol. The van der Waals surface area contributed by atoms with E-state index in [1.807, 2.05) is 0 Å². The number of ether oxygens (including phenoxy) is 1. The van der Waals surface area contributed by atoms with Gasteiger partial charge in [-0.25, -0.2) is 0 Å². The molecule has 0 N–H and O–H groups in total. The number of Topliss-reactive ketones (excluding diaryl/α,β-unsaturated/α-hetero) is 1. The lowest BCUT2D eigenvalue weighted by Gasteiger charge is -2.08. The van der Waals surface area contributed by atoms with Gasteiger partial charge in [-0.1, -0.05) is 6.07 Å². The molecule has 8 heteroatoms. The predicted octanol–water partition coefficient (Wildman–Crippen LogP) is 2.34. The Labute approximate surface area is 121 Å². The van der Waals surface area contributed by atoms with E-state index in [1.165, 1.54) is 6.07 Å². The molecule has 0 aliphatic rings. The lowest BCUT2D eigenvalue weighted by molar-refractivity contribution is -0.145. The maximum absolute atomic E-state index is 12.5. The number of carbonyl (C=O) groups excluding carboxylic acids is 2. The van der Waals surface area contributed by atoms with Crippen molar-refractivity contribution in [1.29, 1.82) is 0 Å². The van der Waals surface area contributed by atoms with Gasteiger partial charge >= 0.3 is 12.1 Å². The van der Waals surface area contributed by atoms with Crippen LogP contribution in [0.4, 0.5) is 13.2 Å². The number of ketones is 1. The van der Waals surface area contributed by atoms with E-state index >= 15 is 0 Å². The number of esters is 1. The van der Waals surface area contributed by atoms with Gasteiger partial charge in [0, 0.05) is 4.90 Å². The van der Waals surface area contributed by atoms with Gasteiger partial charge in [0.15, 0.2) is 5.78 Å². The molecule has 1 rings (SSSR count). The fraction of sp³-hybridized carbons (Fsp3) is 0.385. The second-order valence-corrected chi connectivity index (χ2v) is 5.49. The van der Waals surface area contributed by atoms with E-state index in [2.05, 4.69) is 4.74 Å². The zero-order valence-corrected chi connectivity index (χ0v) is 11.9. The fourth-order valence-corrected chi connectivity index (χ4v) is 2.52. The number of hydrogen-bond donors (Lipinski definition) is 0. The van der Waals surface area contributed by atoms with Crippen LogP contribution in [0.3, 0.4) is 0 Å². The van der Waals surface area contributed by atoms with Gasteiger partial charge in [-0.15, -0.1) is 0 Å². The second kappa shape index (κ2) is 7.35. The molecule has 0 aliphatic carbocycles. The standard InChI is InChI=1S/C13H13F3O4S/c1-2-20-12(18)7-10(17)8-21(19)11-5-3-4-9(6-11)13(14,15)16/h3-6H,2,7-8H2,1H3. The smallest absolute Gasteiger partial charge is 0.416 e. The Morgan fingerprint density at radius 2 is 1.95 bits per heavy atom. The van der Waals surface area contributed by atoms with Gasteiger partial charge < -0.3 is 4.74 Å². The summed E-state index contributed by atoms with van der Waals surface area (Å²) in [6, 6.07) is 3.93. The summed E-state index contributed by atoms with van der Waals surface area (Å²) in [5.74, 6) is -1.92. The molecule has 0 aromatic heterocycles. The van der Waals surface area contributed by atoms with Crippen molar-refractivity contribution in [3.05, 3.63) is 29.8 Å². The first-order chi connectivity index (χ1) is 9.74. The highest BCUT2D eigenvalue weighted by Gasteiger charge is 2.30. The average molecular weight is 322 g/mol. The van der Waals surface area contributed by atoms with E-state index in [0.29, 0.717) is 0 Å². The molecular formula is C13H13F3O4S. The molecular weight excluding hydrogens is 309 g/mol. The van der Waals surface area contributed by atoms with Crippen molar-refractivity contribution in [2.24, 2.45) is 0 Å². The van der Waals surface area contributed by atoms with E-state index in [0.717, 1.165) is 18.2 Å². The number of halogens is 3. The molecule has 0 heterocycles. The maximum atomic E-state index is 12.5. The summed E-state index contributed by atoms with van der Waals surface area (Å²) in [5, 5.41) is 0. The molecule has 0 saturated heterocycles. The maximum Gasteiger partial charge on any atom is 0.416 e. The van der Waals surface area contributed by atoms with Crippen LogP contribution >= 0.6 is 0 Å². The van der Waals surface area contributed by atoms with E-state index in [9.17, 15) is 27.0 Å². The molecule has 1 unspecified atom stereocenters. The van der Waals surface area contributed by atoms with Crippen molar-refractivity contribution in [1.82, 2.24) is 0 Å². The first-order valence-electron chi connectivity index (χ1n) is 5.97. The van der Waals surface area contributed by atoms with Crippen molar-refractivity contribution >= 4 is 22.6 Å². The van der Waals surface area contributed by atoms with E-state index in [4.69, 9.17) is 0 Å². The summed E-state index contributed by atoms with van der Waals surface area (Å²) in [6.45, 7) is 1.69. The fourth-order valence-electron chi connectivity index (χ4n) is 1.47. The largest absolute Gasteiger partial charge is 0.466 e. The zero-order chi connectivity index (χ0) is 16.0. The van der Waals surface area contributed by atoms with E-state index in [-0.39, 0.29) is 11.5 Å². The van der Waals surface area contributed by atoms with Crippen LogP contribution < -0.4 is 0 Å². The van der Waals surface area contributed by atoms with Gasteiger partial charge in [0.1, 0.15) is 6.42 Å². The second-order valence-electron chi connectivity index (χ2n) is 4.04. The van der Waals surface area contributed by atoms with Crippen LogP contribution in [0.15, 0.2) is 29.2 Å². The minimum atomic E-state index is -4.55. The SMILES string of the molecule is CCOC(=O)CC(=O)CS(=O)c1cccc(C(F)(F)F)c1. The zero-order valence-electron chi connectivity index (χ0n) is 11.1. The van der Waals surface area contributed by atoms with Crippen molar-refractivity contribution in [3.63, 3.8) is 0 Å². The Morgan fingerprint density at radius 1 is 1.29 bits per heavy atom.